The zero-order valence-electron chi connectivity index (χ0n) is 28.8. The molecule has 13 nitrogen and oxygen atoms in total. The van der Waals surface area contributed by atoms with Gasteiger partial charge in [0.25, 0.3) is 10.0 Å². The first kappa shape index (κ1) is 31.7. The first-order valence-corrected chi connectivity index (χ1v) is 18.5. The lowest BCUT2D eigenvalue weighted by Gasteiger charge is -2.39. The number of likely N-dealkylation sites (tertiary alicyclic amines) is 1. The highest BCUT2D eigenvalue weighted by Gasteiger charge is 2.47. The number of aryl methyl sites for hydroxylation is 1. The van der Waals surface area contributed by atoms with Gasteiger partial charge in [0.1, 0.15) is 12.2 Å². The van der Waals surface area contributed by atoms with Crippen LogP contribution in [-0.4, -0.2) is 73.2 Å². The van der Waals surface area contributed by atoms with Crippen LogP contribution in [0.4, 0.5) is 4.79 Å². The average molecular weight is 708 g/mol. The molecule has 1 spiro atoms. The highest BCUT2D eigenvalue weighted by atomic mass is 32.2. The number of ether oxygens (including phenoxy) is 3. The van der Waals surface area contributed by atoms with E-state index < -0.39 is 21.2 Å². The van der Waals surface area contributed by atoms with Gasteiger partial charge in [0.05, 0.1) is 52.8 Å². The van der Waals surface area contributed by atoms with Crippen molar-refractivity contribution in [3.63, 3.8) is 0 Å². The summed E-state index contributed by atoms with van der Waals surface area (Å²) in [5.41, 5.74) is 4.03. The molecule has 0 N–H and O–H groups in total. The topological polar surface area (TPSA) is 136 Å². The molecule has 262 valence electrons. The van der Waals surface area contributed by atoms with Crippen LogP contribution in [0.25, 0.3) is 44.3 Å². The molecule has 0 unspecified atom stereocenters. The number of carbonyl (C=O) groups is 1. The van der Waals surface area contributed by atoms with Crippen LogP contribution in [0.15, 0.2) is 72.0 Å². The van der Waals surface area contributed by atoms with Gasteiger partial charge < -0.3 is 19.1 Å². The molecule has 3 aliphatic heterocycles. The maximum Gasteiger partial charge on any atom is 0.410 e. The van der Waals surface area contributed by atoms with Crippen LogP contribution >= 0.6 is 0 Å². The van der Waals surface area contributed by atoms with Crippen LogP contribution in [-0.2, 0) is 45.3 Å². The fourth-order valence-electron chi connectivity index (χ4n) is 7.80. The zero-order chi connectivity index (χ0) is 35.3. The smallest absolute Gasteiger partial charge is 0.410 e. The Hall–Kier alpha value is -5.21. The van der Waals surface area contributed by atoms with Gasteiger partial charge in [0, 0.05) is 53.8 Å². The Bertz CT molecular complexity index is 2490. The summed E-state index contributed by atoms with van der Waals surface area (Å²) < 4.78 is 53.4. The first-order valence-electron chi connectivity index (χ1n) is 17.1. The van der Waals surface area contributed by atoms with Crippen molar-refractivity contribution < 1.29 is 27.4 Å². The van der Waals surface area contributed by atoms with Gasteiger partial charge >= 0.3 is 6.09 Å². The number of amides is 1. The number of carbonyl (C=O) groups excluding carboxylic acids is 1. The summed E-state index contributed by atoms with van der Waals surface area (Å²) >= 11 is 0. The Labute approximate surface area is 294 Å². The SMILES string of the molecule is Cn1ncc2cc(-c3c(-c4cnn5c4OCC5)n(S(=O)(=O)c4ccccc4)c4ncc5c(c34)C3(CCN(C(=O)OC(C)(C)C)CC3)OC5)ccc21. The molecule has 1 saturated heterocycles. The molecule has 9 rings (SSSR count). The van der Waals surface area contributed by atoms with Crippen LogP contribution in [0.3, 0.4) is 0 Å². The molecular weight excluding hydrogens is 671 g/mol. The molecule has 4 aromatic heterocycles. The molecule has 14 heteroatoms. The molecular formula is C37H37N7O6S. The number of hydrogen-bond acceptors (Lipinski definition) is 9. The second-order valence-electron chi connectivity index (χ2n) is 14.4. The molecule has 0 atom stereocenters. The molecule has 3 aliphatic rings. The third kappa shape index (κ3) is 4.87. The summed E-state index contributed by atoms with van der Waals surface area (Å²) in [6.07, 6.45) is 5.85. The van der Waals surface area contributed by atoms with Crippen LogP contribution in [0.2, 0.25) is 0 Å². The number of pyridine rings is 1. The number of nitrogens with zero attached hydrogens (tertiary/aromatic N) is 7. The highest BCUT2D eigenvalue weighted by Crippen LogP contribution is 2.53. The van der Waals surface area contributed by atoms with Gasteiger partial charge in [-0.15, -0.1) is 0 Å². The normalized spacial score (nSPS) is 16.9. The Morgan fingerprint density at radius 2 is 1.76 bits per heavy atom. The monoisotopic (exact) mass is 707 g/mol. The Morgan fingerprint density at radius 3 is 2.53 bits per heavy atom. The van der Waals surface area contributed by atoms with Crippen molar-refractivity contribution in [2.75, 3.05) is 19.7 Å². The lowest BCUT2D eigenvalue weighted by molar-refractivity contribution is -0.0790. The van der Waals surface area contributed by atoms with E-state index in [4.69, 9.17) is 19.2 Å². The van der Waals surface area contributed by atoms with E-state index in [0.717, 1.165) is 27.6 Å². The van der Waals surface area contributed by atoms with E-state index in [2.05, 4.69) is 10.2 Å². The van der Waals surface area contributed by atoms with Crippen molar-refractivity contribution in [3.8, 4) is 28.3 Å². The summed E-state index contributed by atoms with van der Waals surface area (Å²) in [4.78, 5) is 19.9. The van der Waals surface area contributed by atoms with Crippen LogP contribution in [0, 0.1) is 0 Å². The van der Waals surface area contributed by atoms with Gasteiger partial charge in [-0.2, -0.15) is 10.2 Å². The minimum atomic E-state index is -4.23. The standard InChI is InChI=1S/C37H37N7O6S/c1-36(2,3)50-35(45)42-14-12-37(13-15-42)31-25(22-49-37)19-38-33-30(31)29(23-10-11-28-24(18-23)20-39-41(28)4)32(27-21-40-43-16-17-48-34(27)43)44(33)51(46,47)26-8-6-5-7-9-26/h5-11,18-21H,12-17,22H2,1-4H3. The molecule has 0 saturated carbocycles. The van der Waals surface area contributed by atoms with E-state index in [1.807, 2.05) is 50.7 Å². The molecule has 0 radical (unpaired) electrons. The molecule has 1 fully saturated rings. The second kappa shape index (κ2) is 11.1. The van der Waals surface area contributed by atoms with Crippen molar-refractivity contribution in [1.82, 2.24) is 33.4 Å². The lowest BCUT2D eigenvalue weighted by Crippen LogP contribution is -2.46. The summed E-state index contributed by atoms with van der Waals surface area (Å²) in [6, 6.07) is 14.4. The Balaban J connectivity index is 1.34. The lowest BCUT2D eigenvalue weighted by atomic mass is 9.81. The Kier molecular flexibility index (Phi) is 6.94. The highest BCUT2D eigenvalue weighted by molar-refractivity contribution is 7.90. The third-order valence-electron chi connectivity index (χ3n) is 10.1. The van der Waals surface area contributed by atoms with E-state index in [-0.39, 0.29) is 16.6 Å². The van der Waals surface area contributed by atoms with Gasteiger partial charge in [0.15, 0.2) is 5.65 Å². The van der Waals surface area contributed by atoms with Gasteiger partial charge in [-0.1, -0.05) is 24.3 Å². The summed E-state index contributed by atoms with van der Waals surface area (Å²) in [6.45, 7) is 7.68. The maximum atomic E-state index is 15.0. The van der Waals surface area contributed by atoms with Gasteiger partial charge in [-0.3, -0.25) is 4.68 Å². The van der Waals surface area contributed by atoms with Gasteiger partial charge in [-0.25, -0.2) is 26.9 Å². The van der Waals surface area contributed by atoms with E-state index in [1.54, 1.807) is 58.5 Å². The molecule has 1 amide bonds. The van der Waals surface area contributed by atoms with Crippen molar-refractivity contribution >= 4 is 38.1 Å². The second-order valence-corrected chi connectivity index (χ2v) is 16.2. The van der Waals surface area contributed by atoms with E-state index in [1.165, 1.54) is 3.97 Å². The quantitative estimate of drug-likeness (QED) is 0.222. The maximum absolute atomic E-state index is 15.0. The van der Waals surface area contributed by atoms with Gasteiger partial charge in [0.2, 0.25) is 5.88 Å². The van der Waals surface area contributed by atoms with Crippen LogP contribution in [0.1, 0.15) is 44.7 Å². The van der Waals surface area contributed by atoms with Crippen molar-refractivity contribution in [3.05, 3.63) is 78.2 Å². The molecule has 0 aliphatic carbocycles. The van der Waals surface area contributed by atoms with Crippen molar-refractivity contribution in [1.29, 1.82) is 0 Å². The number of aromatic nitrogens is 6. The minimum Gasteiger partial charge on any atom is -0.475 e. The minimum absolute atomic E-state index is 0.126. The number of piperidine rings is 1. The first-order chi connectivity index (χ1) is 24.5. The molecule has 7 heterocycles. The van der Waals surface area contributed by atoms with Crippen molar-refractivity contribution in [2.24, 2.45) is 7.05 Å². The summed E-state index contributed by atoms with van der Waals surface area (Å²) in [5.74, 6) is 0.499. The largest absolute Gasteiger partial charge is 0.475 e. The van der Waals surface area contributed by atoms with E-state index >= 15 is 0 Å². The van der Waals surface area contributed by atoms with E-state index in [0.29, 0.717) is 73.8 Å². The predicted molar refractivity (Wildman–Crippen MR) is 189 cm³/mol. The number of hydrogen-bond donors (Lipinski definition) is 0. The number of rotatable bonds is 4. The zero-order valence-corrected chi connectivity index (χ0v) is 29.6. The Morgan fingerprint density at radius 1 is 0.980 bits per heavy atom. The van der Waals surface area contributed by atoms with E-state index in [9.17, 15) is 13.2 Å². The fraction of sp³-hybridized carbons (Fsp3) is 0.351. The fourth-order valence-corrected chi connectivity index (χ4v) is 9.31. The summed E-state index contributed by atoms with van der Waals surface area (Å²) in [5, 5.41) is 10.7. The van der Waals surface area contributed by atoms with Crippen LogP contribution in [0.5, 0.6) is 5.88 Å². The third-order valence-corrected chi connectivity index (χ3v) is 11.8. The van der Waals surface area contributed by atoms with Crippen LogP contribution < -0.4 is 4.74 Å². The van der Waals surface area contributed by atoms with Crippen molar-refractivity contribution in [2.45, 2.75) is 62.9 Å². The van der Waals surface area contributed by atoms with Gasteiger partial charge in [-0.05, 0) is 63.4 Å². The molecule has 51 heavy (non-hydrogen) atoms. The molecule has 0 bridgehead atoms. The number of benzene rings is 2. The molecule has 6 aromatic rings. The predicted octanol–water partition coefficient (Wildman–Crippen LogP) is 5.84. The average Bonchev–Trinajstić information content (AvgIpc) is 3.93. The summed E-state index contributed by atoms with van der Waals surface area (Å²) in [7, 11) is -2.34. The molecule has 2 aromatic carbocycles. The number of fused-ring (bicyclic) bond motifs is 6.